The number of nitrogens with two attached hydrogens (primary N) is 1. The Bertz CT molecular complexity index is 371. The number of hydrogen-bond donors (Lipinski definition) is 2. The molecule has 88 valence electrons. The van der Waals surface area contributed by atoms with Gasteiger partial charge in [-0.3, -0.25) is 4.79 Å². The predicted molar refractivity (Wildman–Crippen MR) is 69.0 cm³/mol. The first-order valence-electron chi connectivity index (χ1n) is 5.20. The number of nitrogens with one attached hydrogen (secondary N) is 1. The quantitative estimate of drug-likeness (QED) is 0.894. The van der Waals surface area contributed by atoms with Crippen molar-refractivity contribution in [3.05, 3.63) is 34.3 Å². The van der Waals surface area contributed by atoms with E-state index in [1.165, 1.54) is 0 Å². The molecule has 4 heteroatoms. The van der Waals surface area contributed by atoms with Crippen LogP contribution in [0.4, 0.5) is 0 Å². The zero-order valence-electron chi connectivity index (χ0n) is 9.75. The normalized spacial score (nSPS) is 14.6. The maximum Gasteiger partial charge on any atom is 0.244 e. The van der Waals surface area contributed by atoms with E-state index in [0.29, 0.717) is 0 Å². The maximum atomic E-state index is 11.9. The van der Waals surface area contributed by atoms with Gasteiger partial charge in [0.25, 0.3) is 0 Å². The number of halogens is 1. The van der Waals surface area contributed by atoms with E-state index in [1.807, 2.05) is 38.1 Å². The number of amides is 1. The Morgan fingerprint density at radius 3 is 2.31 bits per heavy atom. The first-order valence-corrected chi connectivity index (χ1v) is 5.99. The number of carbonyl (C=O) groups excluding carboxylic acids is 1. The van der Waals surface area contributed by atoms with Crippen molar-refractivity contribution in [2.24, 2.45) is 5.73 Å². The van der Waals surface area contributed by atoms with Gasteiger partial charge in [-0.05, 0) is 38.5 Å². The summed E-state index contributed by atoms with van der Waals surface area (Å²) in [5.74, 6) is -0.162. The molecule has 0 bridgehead atoms. The molecule has 0 saturated heterocycles. The van der Waals surface area contributed by atoms with Gasteiger partial charge in [0.2, 0.25) is 5.91 Å². The molecular formula is C12H17BrN2O. The van der Waals surface area contributed by atoms with Gasteiger partial charge in [0, 0.05) is 10.5 Å². The second kappa shape index (κ2) is 4.97. The monoisotopic (exact) mass is 284 g/mol. The fraction of sp³-hybridized carbons (Fsp3) is 0.417. The highest BCUT2D eigenvalue weighted by Crippen LogP contribution is 2.20. The van der Waals surface area contributed by atoms with Gasteiger partial charge in [-0.15, -0.1) is 0 Å². The van der Waals surface area contributed by atoms with Gasteiger partial charge in [-0.25, -0.2) is 0 Å². The summed E-state index contributed by atoms with van der Waals surface area (Å²) in [5.41, 5.74) is 5.86. The zero-order chi connectivity index (χ0) is 12.3. The second-order valence-corrected chi connectivity index (χ2v) is 5.25. The average Bonchev–Trinajstić information content (AvgIpc) is 2.17. The smallest absolute Gasteiger partial charge is 0.244 e. The van der Waals surface area contributed by atoms with Crippen LogP contribution in [0.15, 0.2) is 28.7 Å². The van der Waals surface area contributed by atoms with Crippen LogP contribution >= 0.6 is 15.9 Å². The molecule has 1 unspecified atom stereocenters. The van der Waals surface area contributed by atoms with Crippen LogP contribution in [0, 0.1) is 0 Å². The van der Waals surface area contributed by atoms with E-state index in [4.69, 9.17) is 5.73 Å². The first-order chi connectivity index (χ1) is 7.34. The van der Waals surface area contributed by atoms with Crippen molar-refractivity contribution in [3.8, 4) is 0 Å². The fourth-order valence-corrected chi connectivity index (χ4v) is 1.60. The summed E-state index contributed by atoms with van der Waals surface area (Å²) in [5, 5.41) is 2.82. The Kier molecular flexibility index (Phi) is 4.10. The van der Waals surface area contributed by atoms with E-state index in [2.05, 4.69) is 21.2 Å². The summed E-state index contributed by atoms with van der Waals surface area (Å²) in [6.45, 7) is 5.54. The summed E-state index contributed by atoms with van der Waals surface area (Å²) >= 11 is 3.35. The third kappa shape index (κ3) is 3.06. The standard InChI is InChI=1S/C12H17BrN2O/c1-8(2)15-11(16)12(3,14)9-4-6-10(13)7-5-9/h4-8H,14H2,1-3H3,(H,15,16). The third-order valence-electron chi connectivity index (χ3n) is 2.34. The van der Waals surface area contributed by atoms with Crippen LogP contribution in [0.5, 0.6) is 0 Å². The second-order valence-electron chi connectivity index (χ2n) is 4.34. The van der Waals surface area contributed by atoms with Gasteiger partial charge < -0.3 is 11.1 Å². The molecule has 0 aliphatic rings. The van der Waals surface area contributed by atoms with E-state index < -0.39 is 5.54 Å². The molecule has 0 saturated carbocycles. The van der Waals surface area contributed by atoms with E-state index in [1.54, 1.807) is 6.92 Å². The maximum absolute atomic E-state index is 11.9. The number of hydrogen-bond acceptors (Lipinski definition) is 2. The van der Waals surface area contributed by atoms with Crippen molar-refractivity contribution in [2.75, 3.05) is 0 Å². The summed E-state index contributed by atoms with van der Waals surface area (Å²) in [4.78, 5) is 11.9. The lowest BCUT2D eigenvalue weighted by Crippen LogP contribution is -2.50. The highest BCUT2D eigenvalue weighted by molar-refractivity contribution is 9.10. The van der Waals surface area contributed by atoms with Crippen LogP contribution in [0.25, 0.3) is 0 Å². The number of carbonyl (C=O) groups is 1. The summed E-state index contributed by atoms with van der Waals surface area (Å²) in [6.07, 6.45) is 0. The van der Waals surface area contributed by atoms with E-state index in [9.17, 15) is 4.79 Å². The van der Waals surface area contributed by atoms with E-state index in [0.717, 1.165) is 10.0 Å². The Morgan fingerprint density at radius 2 is 1.88 bits per heavy atom. The van der Waals surface area contributed by atoms with E-state index >= 15 is 0 Å². The molecule has 1 aromatic rings. The van der Waals surface area contributed by atoms with Gasteiger partial charge in [-0.2, -0.15) is 0 Å². The molecule has 1 amide bonds. The van der Waals surface area contributed by atoms with Crippen LogP contribution in [0.2, 0.25) is 0 Å². The van der Waals surface area contributed by atoms with Gasteiger partial charge >= 0.3 is 0 Å². The van der Waals surface area contributed by atoms with Gasteiger partial charge in [0.15, 0.2) is 0 Å². The van der Waals surface area contributed by atoms with Gasteiger partial charge in [0.1, 0.15) is 5.54 Å². The van der Waals surface area contributed by atoms with Crippen molar-refractivity contribution >= 4 is 21.8 Å². The Hall–Kier alpha value is -0.870. The van der Waals surface area contributed by atoms with Gasteiger partial charge in [0.05, 0.1) is 0 Å². The molecule has 1 atom stereocenters. The molecule has 0 aliphatic heterocycles. The molecule has 0 radical (unpaired) electrons. The van der Waals surface area contributed by atoms with Crippen molar-refractivity contribution < 1.29 is 4.79 Å². The Balaban J connectivity index is 2.92. The molecule has 1 aromatic carbocycles. The fourth-order valence-electron chi connectivity index (χ4n) is 1.34. The minimum absolute atomic E-state index is 0.0887. The number of benzene rings is 1. The molecule has 0 spiro atoms. The largest absolute Gasteiger partial charge is 0.352 e. The topological polar surface area (TPSA) is 55.1 Å². The minimum Gasteiger partial charge on any atom is -0.352 e. The highest BCUT2D eigenvalue weighted by Gasteiger charge is 2.30. The lowest BCUT2D eigenvalue weighted by molar-refractivity contribution is -0.126. The van der Waals surface area contributed by atoms with Crippen molar-refractivity contribution in [1.82, 2.24) is 5.32 Å². The molecule has 0 aromatic heterocycles. The predicted octanol–water partition coefficient (Wildman–Crippen LogP) is 2.15. The SMILES string of the molecule is CC(C)NC(=O)C(C)(N)c1ccc(Br)cc1. The molecule has 0 fully saturated rings. The molecule has 1 rings (SSSR count). The first kappa shape index (κ1) is 13.2. The van der Waals surface area contributed by atoms with E-state index in [-0.39, 0.29) is 11.9 Å². The van der Waals surface area contributed by atoms with Crippen molar-refractivity contribution in [3.63, 3.8) is 0 Å². The lowest BCUT2D eigenvalue weighted by atomic mass is 9.92. The number of rotatable bonds is 3. The van der Waals surface area contributed by atoms with Crippen LogP contribution < -0.4 is 11.1 Å². The summed E-state index contributed by atoms with van der Waals surface area (Å²) < 4.78 is 0.969. The van der Waals surface area contributed by atoms with Crippen molar-refractivity contribution in [1.29, 1.82) is 0 Å². The molecule has 3 nitrogen and oxygen atoms in total. The zero-order valence-corrected chi connectivity index (χ0v) is 11.3. The molecule has 3 N–H and O–H groups in total. The molecular weight excluding hydrogens is 268 g/mol. The van der Waals surface area contributed by atoms with Crippen molar-refractivity contribution in [2.45, 2.75) is 32.4 Å². The molecule has 0 heterocycles. The summed E-state index contributed by atoms with van der Waals surface area (Å²) in [7, 11) is 0. The molecule has 0 aliphatic carbocycles. The lowest BCUT2D eigenvalue weighted by Gasteiger charge is -2.25. The minimum atomic E-state index is -0.995. The van der Waals surface area contributed by atoms with Crippen LogP contribution in [-0.2, 0) is 10.3 Å². The highest BCUT2D eigenvalue weighted by atomic mass is 79.9. The van der Waals surface area contributed by atoms with Crippen LogP contribution in [-0.4, -0.2) is 11.9 Å². The third-order valence-corrected chi connectivity index (χ3v) is 2.86. The Morgan fingerprint density at radius 1 is 1.38 bits per heavy atom. The van der Waals surface area contributed by atoms with Crippen LogP contribution in [0.3, 0.4) is 0 Å². The Labute approximate surface area is 105 Å². The molecule has 16 heavy (non-hydrogen) atoms. The summed E-state index contributed by atoms with van der Waals surface area (Å²) in [6, 6.07) is 7.55. The van der Waals surface area contributed by atoms with Gasteiger partial charge in [-0.1, -0.05) is 28.1 Å². The van der Waals surface area contributed by atoms with Crippen LogP contribution in [0.1, 0.15) is 26.3 Å². The average molecular weight is 285 g/mol.